The molecule has 0 unspecified atom stereocenters. The molecule has 116 valence electrons. The van der Waals surface area contributed by atoms with Crippen molar-refractivity contribution in [2.24, 2.45) is 0 Å². The molecule has 5 heteroatoms. The van der Waals surface area contributed by atoms with Crippen LogP contribution >= 0.6 is 0 Å². The highest BCUT2D eigenvalue weighted by molar-refractivity contribution is 5.92. The van der Waals surface area contributed by atoms with Gasteiger partial charge in [-0.25, -0.2) is 4.79 Å². The molecule has 2 rings (SSSR count). The molecular weight excluding hydrogens is 282 g/mol. The number of rotatable bonds is 6. The van der Waals surface area contributed by atoms with Gasteiger partial charge < -0.3 is 14.5 Å². The first kappa shape index (κ1) is 15.8. The van der Waals surface area contributed by atoms with E-state index in [9.17, 15) is 9.59 Å². The van der Waals surface area contributed by atoms with E-state index >= 15 is 0 Å². The summed E-state index contributed by atoms with van der Waals surface area (Å²) in [5, 5.41) is 2.76. The van der Waals surface area contributed by atoms with Gasteiger partial charge in [0.05, 0.1) is 6.26 Å². The minimum absolute atomic E-state index is 0.192. The maximum atomic E-state index is 11.7. The van der Waals surface area contributed by atoms with Gasteiger partial charge in [-0.05, 0) is 24.5 Å². The Bertz CT molecular complexity index is 633. The van der Waals surface area contributed by atoms with Gasteiger partial charge in [-0.2, -0.15) is 0 Å². The van der Waals surface area contributed by atoms with Gasteiger partial charge in [0.15, 0.2) is 6.61 Å². The fourth-order valence-electron chi connectivity index (χ4n) is 2.02. The quantitative estimate of drug-likeness (QED) is 0.833. The molecule has 5 nitrogen and oxygen atoms in total. The first-order chi connectivity index (χ1) is 10.6. The van der Waals surface area contributed by atoms with Crippen molar-refractivity contribution < 1.29 is 18.7 Å². The van der Waals surface area contributed by atoms with E-state index in [1.54, 1.807) is 6.92 Å². The summed E-state index contributed by atoms with van der Waals surface area (Å²) in [4.78, 5) is 23.5. The van der Waals surface area contributed by atoms with Crippen molar-refractivity contribution in [3.05, 3.63) is 59.5 Å². The van der Waals surface area contributed by atoms with Crippen molar-refractivity contribution in [3.63, 3.8) is 0 Å². The van der Waals surface area contributed by atoms with Crippen LogP contribution in [0.2, 0.25) is 0 Å². The molecule has 1 heterocycles. The highest BCUT2D eigenvalue weighted by atomic mass is 16.5. The predicted octanol–water partition coefficient (Wildman–Crippen LogP) is 2.66. The van der Waals surface area contributed by atoms with E-state index in [2.05, 4.69) is 5.32 Å². The van der Waals surface area contributed by atoms with Crippen LogP contribution in [0, 0.1) is 6.92 Å². The Morgan fingerprint density at radius 3 is 2.59 bits per heavy atom. The Balaban J connectivity index is 1.74. The molecule has 1 aromatic carbocycles. The van der Waals surface area contributed by atoms with Gasteiger partial charge in [0.2, 0.25) is 0 Å². The molecule has 1 N–H and O–H groups in total. The number of carbonyl (C=O) groups excluding carboxylic acids is 2. The number of benzene rings is 1. The standard InChI is InChI=1S/C17H19NO4/c1-12(14-6-4-3-5-7-14)10-18-16(19)11-22-17(20)15-8-9-21-13(15)2/h3-9,12H,10-11H2,1-2H3,(H,18,19)/t12-/m1/s1. The van der Waals surface area contributed by atoms with E-state index in [4.69, 9.17) is 9.15 Å². The van der Waals surface area contributed by atoms with Crippen LogP contribution in [0.1, 0.15) is 34.5 Å². The van der Waals surface area contributed by atoms with E-state index in [0.717, 1.165) is 5.56 Å². The van der Waals surface area contributed by atoms with Crippen LogP contribution in [-0.4, -0.2) is 25.0 Å². The van der Waals surface area contributed by atoms with Crippen molar-refractivity contribution >= 4 is 11.9 Å². The van der Waals surface area contributed by atoms with Gasteiger partial charge in [0, 0.05) is 6.54 Å². The maximum Gasteiger partial charge on any atom is 0.342 e. The molecule has 0 aliphatic carbocycles. The smallest absolute Gasteiger partial charge is 0.342 e. The highest BCUT2D eigenvalue weighted by Gasteiger charge is 2.15. The Labute approximate surface area is 129 Å². The lowest BCUT2D eigenvalue weighted by Gasteiger charge is -2.13. The number of nitrogens with one attached hydrogen (secondary N) is 1. The molecule has 0 spiro atoms. The van der Waals surface area contributed by atoms with Gasteiger partial charge in [0.1, 0.15) is 11.3 Å². The number of ether oxygens (including phenoxy) is 1. The number of furan rings is 1. The number of carbonyl (C=O) groups is 2. The Morgan fingerprint density at radius 1 is 1.23 bits per heavy atom. The molecule has 1 atom stereocenters. The van der Waals surface area contributed by atoms with Crippen molar-refractivity contribution in [2.45, 2.75) is 19.8 Å². The Hall–Kier alpha value is -2.56. The first-order valence-corrected chi connectivity index (χ1v) is 7.10. The molecule has 0 saturated heterocycles. The van der Waals surface area contributed by atoms with Crippen LogP contribution in [0.4, 0.5) is 0 Å². The van der Waals surface area contributed by atoms with E-state index in [0.29, 0.717) is 17.9 Å². The summed E-state index contributed by atoms with van der Waals surface area (Å²) in [7, 11) is 0. The average Bonchev–Trinajstić information content (AvgIpc) is 2.97. The van der Waals surface area contributed by atoms with Crippen LogP contribution in [0.3, 0.4) is 0 Å². The molecule has 0 aliphatic rings. The molecular formula is C17H19NO4. The molecule has 0 fully saturated rings. The van der Waals surface area contributed by atoms with Gasteiger partial charge in [0.25, 0.3) is 5.91 Å². The fourth-order valence-corrected chi connectivity index (χ4v) is 2.02. The van der Waals surface area contributed by atoms with Crippen LogP contribution < -0.4 is 5.32 Å². The molecule has 0 radical (unpaired) electrons. The third-order valence-electron chi connectivity index (χ3n) is 3.39. The summed E-state index contributed by atoms with van der Waals surface area (Å²) in [5.74, 6) is -0.213. The zero-order chi connectivity index (χ0) is 15.9. The van der Waals surface area contributed by atoms with Crippen LogP contribution in [0.25, 0.3) is 0 Å². The molecule has 2 aromatic rings. The molecule has 22 heavy (non-hydrogen) atoms. The monoisotopic (exact) mass is 301 g/mol. The summed E-state index contributed by atoms with van der Waals surface area (Å²) in [6.45, 7) is 3.88. The first-order valence-electron chi connectivity index (χ1n) is 7.10. The van der Waals surface area contributed by atoms with E-state index in [1.807, 2.05) is 37.3 Å². The zero-order valence-electron chi connectivity index (χ0n) is 12.7. The number of hydrogen-bond acceptors (Lipinski definition) is 4. The summed E-state index contributed by atoms with van der Waals surface area (Å²) < 4.78 is 9.98. The number of amides is 1. The number of aryl methyl sites for hydroxylation is 1. The van der Waals surface area contributed by atoms with Gasteiger partial charge >= 0.3 is 5.97 Å². The predicted molar refractivity (Wildman–Crippen MR) is 81.6 cm³/mol. The Morgan fingerprint density at radius 2 is 1.95 bits per heavy atom. The lowest BCUT2D eigenvalue weighted by molar-refractivity contribution is -0.124. The van der Waals surface area contributed by atoms with E-state index in [-0.39, 0.29) is 18.4 Å². The molecule has 1 aromatic heterocycles. The third-order valence-corrected chi connectivity index (χ3v) is 3.39. The van der Waals surface area contributed by atoms with E-state index < -0.39 is 5.97 Å². The second-order valence-corrected chi connectivity index (χ2v) is 5.08. The topological polar surface area (TPSA) is 68.5 Å². The number of hydrogen-bond donors (Lipinski definition) is 1. The normalized spacial score (nSPS) is 11.7. The van der Waals surface area contributed by atoms with Crippen molar-refractivity contribution in [1.82, 2.24) is 5.32 Å². The SMILES string of the molecule is Cc1occc1C(=O)OCC(=O)NC[C@@H](C)c1ccccc1. The lowest BCUT2D eigenvalue weighted by atomic mass is 10.0. The molecule has 0 aliphatic heterocycles. The fraction of sp³-hybridized carbons (Fsp3) is 0.294. The minimum Gasteiger partial charge on any atom is -0.469 e. The van der Waals surface area contributed by atoms with Crippen molar-refractivity contribution in [3.8, 4) is 0 Å². The van der Waals surface area contributed by atoms with Gasteiger partial charge in [-0.1, -0.05) is 37.3 Å². The second-order valence-electron chi connectivity index (χ2n) is 5.08. The summed E-state index contributed by atoms with van der Waals surface area (Å²) in [5.41, 5.74) is 1.49. The van der Waals surface area contributed by atoms with Gasteiger partial charge in [-0.15, -0.1) is 0 Å². The minimum atomic E-state index is -0.558. The van der Waals surface area contributed by atoms with Crippen molar-refractivity contribution in [2.75, 3.05) is 13.2 Å². The molecule has 1 amide bonds. The van der Waals surface area contributed by atoms with Crippen molar-refractivity contribution in [1.29, 1.82) is 0 Å². The van der Waals surface area contributed by atoms with Crippen LogP contribution in [-0.2, 0) is 9.53 Å². The van der Waals surface area contributed by atoms with Crippen LogP contribution in [0.15, 0.2) is 47.1 Å². The maximum absolute atomic E-state index is 11.7. The summed E-state index contributed by atoms with van der Waals surface area (Å²) in [6.07, 6.45) is 1.41. The zero-order valence-corrected chi connectivity index (χ0v) is 12.7. The highest BCUT2D eigenvalue weighted by Crippen LogP contribution is 2.13. The average molecular weight is 301 g/mol. The van der Waals surface area contributed by atoms with Gasteiger partial charge in [-0.3, -0.25) is 4.79 Å². The number of esters is 1. The summed E-state index contributed by atoms with van der Waals surface area (Å²) in [6, 6.07) is 11.4. The van der Waals surface area contributed by atoms with Crippen LogP contribution in [0.5, 0.6) is 0 Å². The van der Waals surface area contributed by atoms with E-state index in [1.165, 1.54) is 12.3 Å². The molecule has 0 bridgehead atoms. The summed E-state index contributed by atoms with van der Waals surface area (Å²) >= 11 is 0. The molecule has 0 saturated carbocycles. The lowest BCUT2D eigenvalue weighted by Crippen LogP contribution is -2.31. The Kier molecular flexibility index (Phi) is 5.36. The largest absolute Gasteiger partial charge is 0.469 e. The second kappa shape index (κ2) is 7.45. The third kappa shape index (κ3) is 4.22.